The molecular formula is C14H15BrN2O2. The lowest BCUT2D eigenvalue weighted by atomic mass is 10.3. The highest BCUT2D eigenvalue weighted by atomic mass is 79.9. The summed E-state index contributed by atoms with van der Waals surface area (Å²) in [6.07, 6.45) is 0. The minimum Gasteiger partial charge on any atom is -0.492 e. The Bertz CT molecular complexity index is 620. The predicted molar refractivity (Wildman–Crippen MR) is 77.6 cm³/mol. The van der Waals surface area contributed by atoms with Crippen LogP contribution < -0.4 is 10.3 Å². The normalized spacial score (nSPS) is 10.5. The molecule has 0 fully saturated rings. The summed E-state index contributed by atoms with van der Waals surface area (Å²) in [5, 5.41) is 0. The molecule has 4 nitrogen and oxygen atoms in total. The quantitative estimate of drug-likeness (QED) is 0.869. The van der Waals surface area contributed by atoms with Crippen LogP contribution in [0.3, 0.4) is 0 Å². The van der Waals surface area contributed by atoms with Gasteiger partial charge in [0.05, 0.1) is 6.54 Å². The summed E-state index contributed by atoms with van der Waals surface area (Å²) in [6.45, 7) is 4.58. The van der Waals surface area contributed by atoms with E-state index in [1.807, 2.05) is 38.1 Å². The van der Waals surface area contributed by atoms with Crippen molar-refractivity contribution >= 4 is 15.9 Å². The van der Waals surface area contributed by atoms with E-state index in [0.29, 0.717) is 19.0 Å². The molecule has 0 N–H and O–H groups in total. The Morgan fingerprint density at radius 2 is 1.95 bits per heavy atom. The third-order valence-electron chi connectivity index (χ3n) is 2.72. The van der Waals surface area contributed by atoms with Gasteiger partial charge >= 0.3 is 0 Å². The first-order valence-corrected chi connectivity index (χ1v) is 6.79. The molecule has 0 atom stereocenters. The zero-order chi connectivity index (χ0) is 13.8. The van der Waals surface area contributed by atoms with Crippen LogP contribution in [0.5, 0.6) is 5.75 Å². The molecular weight excluding hydrogens is 308 g/mol. The van der Waals surface area contributed by atoms with E-state index in [1.165, 1.54) is 6.07 Å². The number of benzene rings is 1. The van der Waals surface area contributed by atoms with Crippen LogP contribution in [-0.4, -0.2) is 16.2 Å². The van der Waals surface area contributed by atoms with E-state index in [9.17, 15) is 4.79 Å². The van der Waals surface area contributed by atoms with Crippen molar-refractivity contribution in [3.8, 4) is 5.75 Å². The van der Waals surface area contributed by atoms with Gasteiger partial charge in [-0.05, 0) is 38.1 Å². The third kappa shape index (κ3) is 3.67. The highest BCUT2D eigenvalue weighted by Crippen LogP contribution is 2.15. The van der Waals surface area contributed by atoms with E-state index >= 15 is 0 Å². The highest BCUT2D eigenvalue weighted by Gasteiger charge is 2.03. The Morgan fingerprint density at radius 3 is 2.58 bits per heavy atom. The van der Waals surface area contributed by atoms with Gasteiger partial charge in [0.1, 0.15) is 18.2 Å². The molecule has 5 heteroatoms. The maximum atomic E-state index is 11.8. The molecule has 0 aliphatic heterocycles. The van der Waals surface area contributed by atoms with Gasteiger partial charge in [-0.3, -0.25) is 9.36 Å². The molecule has 19 heavy (non-hydrogen) atoms. The van der Waals surface area contributed by atoms with Gasteiger partial charge in [-0.1, -0.05) is 15.9 Å². The molecule has 1 aromatic heterocycles. The van der Waals surface area contributed by atoms with Crippen LogP contribution in [0.15, 0.2) is 39.6 Å². The molecule has 0 spiro atoms. The fraction of sp³-hybridized carbons (Fsp3) is 0.286. The van der Waals surface area contributed by atoms with Crippen molar-refractivity contribution in [2.75, 3.05) is 6.61 Å². The number of ether oxygens (including phenoxy) is 1. The first-order chi connectivity index (χ1) is 9.06. The minimum atomic E-state index is -0.0376. The maximum absolute atomic E-state index is 11.8. The summed E-state index contributed by atoms with van der Waals surface area (Å²) in [5.41, 5.74) is 0.706. The number of aromatic nitrogens is 2. The largest absolute Gasteiger partial charge is 0.492 e. The van der Waals surface area contributed by atoms with Gasteiger partial charge in [-0.25, -0.2) is 4.98 Å². The van der Waals surface area contributed by atoms with Gasteiger partial charge in [-0.2, -0.15) is 0 Å². The molecule has 0 unspecified atom stereocenters. The third-order valence-corrected chi connectivity index (χ3v) is 3.25. The topological polar surface area (TPSA) is 44.1 Å². The Labute approximate surface area is 120 Å². The lowest BCUT2D eigenvalue weighted by molar-refractivity contribution is 0.294. The van der Waals surface area contributed by atoms with Crippen LogP contribution in [0.25, 0.3) is 0 Å². The Hall–Kier alpha value is -1.62. The van der Waals surface area contributed by atoms with Gasteiger partial charge in [0.15, 0.2) is 0 Å². The molecule has 2 aromatic rings. The summed E-state index contributed by atoms with van der Waals surface area (Å²) in [5.74, 6) is 1.50. The molecule has 0 radical (unpaired) electrons. The number of halogens is 1. The summed E-state index contributed by atoms with van der Waals surface area (Å²) in [6, 6.07) is 9.13. The van der Waals surface area contributed by atoms with Crippen LogP contribution in [0.1, 0.15) is 11.5 Å². The number of hydrogen-bond donors (Lipinski definition) is 0. The van der Waals surface area contributed by atoms with Crippen molar-refractivity contribution in [2.24, 2.45) is 0 Å². The smallest absolute Gasteiger partial charge is 0.253 e. The fourth-order valence-corrected chi connectivity index (χ4v) is 2.09. The van der Waals surface area contributed by atoms with Crippen LogP contribution in [-0.2, 0) is 6.54 Å². The second-order valence-electron chi connectivity index (χ2n) is 4.24. The first kappa shape index (κ1) is 13.8. The van der Waals surface area contributed by atoms with E-state index in [2.05, 4.69) is 20.9 Å². The minimum absolute atomic E-state index is 0.0376. The lowest BCUT2D eigenvalue weighted by Crippen LogP contribution is -2.26. The fourth-order valence-electron chi connectivity index (χ4n) is 1.82. The number of hydrogen-bond acceptors (Lipinski definition) is 3. The first-order valence-electron chi connectivity index (χ1n) is 6.00. The zero-order valence-electron chi connectivity index (χ0n) is 10.9. The van der Waals surface area contributed by atoms with Crippen molar-refractivity contribution in [3.63, 3.8) is 0 Å². The molecule has 0 amide bonds. The number of aryl methyl sites for hydroxylation is 2. The molecule has 1 aromatic carbocycles. The van der Waals surface area contributed by atoms with Gasteiger partial charge < -0.3 is 4.74 Å². The van der Waals surface area contributed by atoms with Gasteiger partial charge in [-0.15, -0.1) is 0 Å². The van der Waals surface area contributed by atoms with E-state index in [4.69, 9.17) is 4.74 Å². The summed E-state index contributed by atoms with van der Waals surface area (Å²) in [7, 11) is 0. The molecule has 1 heterocycles. The van der Waals surface area contributed by atoms with E-state index < -0.39 is 0 Å². The van der Waals surface area contributed by atoms with Crippen LogP contribution in [0, 0.1) is 13.8 Å². The van der Waals surface area contributed by atoms with Gasteiger partial charge in [0.2, 0.25) is 0 Å². The maximum Gasteiger partial charge on any atom is 0.253 e. The molecule has 0 saturated heterocycles. The standard InChI is InChI=1S/C14H15BrN2O2/c1-10-9-14(18)17(11(2)16-10)7-8-19-13-5-3-12(15)4-6-13/h3-6,9H,7-8H2,1-2H3. The molecule has 0 aliphatic carbocycles. The Balaban J connectivity index is 2.00. The summed E-state index contributed by atoms with van der Waals surface area (Å²) < 4.78 is 8.22. The zero-order valence-corrected chi connectivity index (χ0v) is 12.5. The Morgan fingerprint density at radius 1 is 1.26 bits per heavy atom. The average Bonchev–Trinajstić information content (AvgIpc) is 2.34. The van der Waals surface area contributed by atoms with Crippen molar-refractivity contribution in [2.45, 2.75) is 20.4 Å². The van der Waals surface area contributed by atoms with Crippen LogP contribution in [0.2, 0.25) is 0 Å². The second kappa shape index (κ2) is 6.02. The molecule has 0 bridgehead atoms. The highest BCUT2D eigenvalue weighted by molar-refractivity contribution is 9.10. The monoisotopic (exact) mass is 322 g/mol. The van der Waals surface area contributed by atoms with E-state index in [1.54, 1.807) is 4.57 Å². The van der Waals surface area contributed by atoms with Crippen molar-refractivity contribution < 1.29 is 4.74 Å². The second-order valence-corrected chi connectivity index (χ2v) is 5.15. The van der Waals surface area contributed by atoms with Crippen molar-refractivity contribution in [1.82, 2.24) is 9.55 Å². The SMILES string of the molecule is Cc1cc(=O)n(CCOc2ccc(Br)cc2)c(C)n1. The summed E-state index contributed by atoms with van der Waals surface area (Å²) >= 11 is 3.37. The molecule has 0 saturated carbocycles. The van der Waals surface area contributed by atoms with Crippen molar-refractivity contribution in [3.05, 3.63) is 56.7 Å². The van der Waals surface area contributed by atoms with Crippen molar-refractivity contribution in [1.29, 1.82) is 0 Å². The van der Waals surface area contributed by atoms with Crippen LogP contribution in [0.4, 0.5) is 0 Å². The molecule has 0 aliphatic rings. The summed E-state index contributed by atoms with van der Waals surface area (Å²) in [4.78, 5) is 16.1. The van der Waals surface area contributed by atoms with Crippen LogP contribution >= 0.6 is 15.9 Å². The Kier molecular flexibility index (Phi) is 4.37. The van der Waals surface area contributed by atoms with E-state index in [0.717, 1.165) is 15.9 Å². The molecule has 2 rings (SSSR count). The number of nitrogens with zero attached hydrogens (tertiary/aromatic N) is 2. The van der Waals surface area contributed by atoms with Gasteiger partial charge in [0.25, 0.3) is 5.56 Å². The van der Waals surface area contributed by atoms with E-state index in [-0.39, 0.29) is 5.56 Å². The van der Waals surface area contributed by atoms with Gasteiger partial charge in [0, 0.05) is 16.2 Å². The lowest BCUT2D eigenvalue weighted by Gasteiger charge is -2.10. The predicted octanol–water partition coefficient (Wildman–Crippen LogP) is 2.70. The number of rotatable bonds is 4. The molecule has 100 valence electrons. The average molecular weight is 323 g/mol.